The molecule has 0 aliphatic carbocycles. The molecule has 6 nitrogen and oxygen atoms in total. The van der Waals surface area contributed by atoms with Crippen LogP contribution in [0.1, 0.15) is 11.8 Å². The summed E-state index contributed by atoms with van der Waals surface area (Å²) in [6, 6.07) is 17.7. The van der Waals surface area contributed by atoms with Gasteiger partial charge in [-0.1, -0.05) is 60.3 Å². The maximum atomic E-state index is 12.7. The lowest BCUT2D eigenvalue weighted by Crippen LogP contribution is -2.15. The molecule has 0 fully saturated rings. The Morgan fingerprint density at radius 2 is 1.94 bits per heavy atom. The van der Waals surface area contributed by atoms with Crippen molar-refractivity contribution in [2.75, 3.05) is 17.7 Å². The number of anilines is 1. The predicted octanol–water partition coefficient (Wildman–Crippen LogP) is 6.30. The summed E-state index contributed by atoms with van der Waals surface area (Å²) in [4.78, 5) is 13.9. The van der Waals surface area contributed by atoms with Gasteiger partial charge in [-0.3, -0.25) is 9.36 Å². The van der Waals surface area contributed by atoms with Gasteiger partial charge in [0.05, 0.1) is 18.0 Å². The Labute approximate surface area is 207 Å². The predicted molar refractivity (Wildman–Crippen MR) is 141 cm³/mol. The molecule has 0 radical (unpaired) electrons. The number of hydrogen-bond acceptors (Lipinski definition) is 6. The number of nitrogens with zero attached hydrogens (tertiary/aromatic N) is 3. The van der Waals surface area contributed by atoms with Gasteiger partial charge in [-0.25, -0.2) is 0 Å². The zero-order valence-electron chi connectivity index (χ0n) is 19.2. The van der Waals surface area contributed by atoms with Crippen LogP contribution in [0.5, 0.6) is 5.75 Å². The van der Waals surface area contributed by atoms with Crippen molar-refractivity contribution in [3.05, 3.63) is 77.5 Å². The van der Waals surface area contributed by atoms with Crippen LogP contribution in [0.15, 0.2) is 77.8 Å². The van der Waals surface area contributed by atoms with Gasteiger partial charge in [0.15, 0.2) is 11.0 Å². The van der Waals surface area contributed by atoms with Gasteiger partial charge in [0.25, 0.3) is 0 Å². The maximum Gasteiger partial charge on any atom is 0.234 e. The molecule has 0 saturated heterocycles. The largest absolute Gasteiger partial charge is 0.492 e. The first-order valence-corrected chi connectivity index (χ1v) is 12.8. The van der Waals surface area contributed by atoms with Crippen molar-refractivity contribution in [1.29, 1.82) is 0 Å². The Kier molecular flexibility index (Phi) is 7.82. The molecule has 4 aromatic rings. The van der Waals surface area contributed by atoms with E-state index >= 15 is 0 Å². The Hall–Kier alpha value is -3.36. The van der Waals surface area contributed by atoms with Crippen molar-refractivity contribution in [2.24, 2.45) is 0 Å². The quantitative estimate of drug-likeness (QED) is 0.209. The van der Waals surface area contributed by atoms with Gasteiger partial charge in [-0.15, -0.1) is 28.1 Å². The van der Waals surface area contributed by atoms with Crippen molar-refractivity contribution < 1.29 is 9.53 Å². The van der Waals surface area contributed by atoms with Crippen LogP contribution in [-0.2, 0) is 11.3 Å². The Bertz CT molecular complexity index is 1280. The minimum absolute atomic E-state index is 0.136. The number of allylic oxidation sites excluding steroid dienone is 1. The van der Waals surface area contributed by atoms with Crippen LogP contribution in [0, 0.1) is 6.92 Å². The third-order valence-corrected chi connectivity index (χ3v) is 6.98. The number of carbonyl (C=O) groups is 1. The van der Waals surface area contributed by atoms with E-state index in [1.807, 2.05) is 60.0 Å². The molecule has 34 heavy (non-hydrogen) atoms. The number of aromatic nitrogens is 3. The summed E-state index contributed by atoms with van der Waals surface area (Å²) in [6.07, 6.45) is 1.82. The number of carbonyl (C=O) groups excluding carboxylic acids is 1. The molecule has 1 amide bonds. The molecule has 0 atom stereocenters. The minimum Gasteiger partial charge on any atom is -0.492 e. The van der Waals surface area contributed by atoms with Crippen LogP contribution < -0.4 is 10.1 Å². The molecule has 0 aliphatic rings. The standard InChI is InChI=1S/C26H26N4O2S2/c1-4-15-30-25(20-16-33-18(3)24(20)19-11-7-6-8-12-19)28-29-26(30)34-17-23(31)27-21-13-9-10-14-22(21)32-5-2/h4,6-14,16H,1,5,15,17H2,2-3H3,(H,27,31). The van der Waals surface area contributed by atoms with Gasteiger partial charge < -0.3 is 10.1 Å². The molecule has 0 bridgehead atoms. The monoisotopic (exact) mass is 490 g/mol. The molecule has 2 aromatic carbocycles. The Morgan fingerprint density at radius 1 is 1.18 bits per heavy atom. The zero-order chi connectivity index (χ0) is 23.9. The van der Waals surface area contributed by atoms with E-state index in [-0.39, 0.29) is 11.7 Å². The minimum atomic E-state index is -0.136. The number of para-hydroxylation sites is 2. The summed E-state index contributed by atoms with van der Waals surface area (Å²) in [5.74, 6) is 1.49. The van der Waals surface area contributed by atoms with Crippen molar-refractivity contribution in [3.63, 3.8) is 0 Å². The van der Waals surface area contributed by atoms with Gasteiger partial charge in [0, 0.05) is 27.9 Å². The van der Waals surface area contributed by atoms with E-state index < -0.39 is 0 Å². The molecule has 2 aromatic heterocycles. The molecule has 0 saturated carbocycles. The lowest BCUT2D eigenvalue weighted by molar-refractivity contribution is -0.113. The third-order valence-electron chi connectivity index (χ3n) is 5.10. The van der Waals surface area contributed by atoms with Gasteiger partial charge in [0.2, 0.25) is 5.91 Å². The highest BCUT2D eigenvalue weighted by Gasteiger charge is 2.20. The van der Waals surface area contributed by atoms with Crippen LogP contribution in [0.2, 0.25) is 0 Å². The molecule has 174 valence electrons. The van der Waals surface area contributed by atoms with Crippen LogP contribution in [0.25, 0.3) is 22.5 Å². The number of ether oxygens (including phenoxy) is 1. The summed E-state index contributed by atoms with van der Waals surface area (Å²) in [6.45, 7) is 9.00. The number of thioether (sulfide) groups is 1. The van der Waals surface area contributed by atoms with E-state index in [4.69, 9.17) is 4.74 Å². The molecule has 0 unspecified atom stereocenters. The molecule has 0 spiro atoms. The fourth-order valence-electron chi connectivity index (χ4n) is 3.64. The second-order valence-electron chi connectivity index (χ2n) is 7.42. The van der Waals surface area contributed by atoms with Gasteiger partial charge in [-0.2, -0.15) is 0 Å². The number of aryl methyl sites for hydroxylation is 1. The number of rotatable bonds is 10. The van der Waals surface area contributed by atoms with Gasteiger partial charge >= 0.3 is 0 Å². The molecular weight excluding hydrogens is 464 g/mol. The van der Waals surface area contributed by atoms with Gasteiger partial charge in [0.1, 0.15) is 5.75 Å². The Morgan fingerprint density at radius 3 is 2.71 bits per heavy atom. The number of benzene rings is 2. The highest BCUT2D eigenvalue weighted by Crippen LogP contribution is 2.39. The molecule has 8 heteroatoms. The third kappa shape index (κ3) is 5.24. The number of amides is 1. The van der Waals surface area contributed by atoms with E-state index in [1.165, 1.54) is 16.6 Å². The summed E-state index contributed by atoms with van der Waals surface area (Å²) in [7, 11) is 0. The van der Waals surface area contributed by atoms with E-state index in [2.05, 4.69) is 46.5 Å². The highest BCUT2D eigenvalue weighted by atomic mass is 32.2. The topological polar surface area (TPSA) is 69.0 Å². The molecule has 0 aliphatic heterocycles. The van der Waals surface area contributed by atoms with E-state index in [0.29, 0.717) is 29.7 Å². The van der Waals surface area contributed by atoms with Crippen LogP contribution in [-0.4, -0.2) is 33.0 Å². The second-order valence-corrected chi connectivity index (χ2v) is 9.44. The normalized spacial score (nSPS) is 10.8. The first-order valence-electron chi connectivity index (χ1n) is 10.9. The molecule has 1 N–H and O–H groups in total. The average molecular weight is 491 g/mol. The Balaban J connectivity index is 1.55. The first-order chi connectivity index (χ1) is 16.6. The zero-order valence-corrected chi connectivity index (χ0v) is 20.8. The second kappa shape index (κ2) is 11.2. The summed E-state index contributed by atoms with van der Waals surface area (Å²) in [5.41, 5.74) is 3.99. The highest BCUT2D eigenvalue weighted by molar-refractivity contribution is 7.99. The molecule has 2 heterocycles. The molecular formula is C26H26N4O2S2. The summed E-state index contributed by atoms with van der Waals surface area (Å²) < 4.78 is 7.60. The number of hydrogen-bond donors (Lipinski definition) is 1. The summed E-state index contributed by atoms with van der Waals surface area (Å²) >= 11 is 3.04. The fourth-order valence-corrected chi connectivity index (χ4v) is 5.25. The fraction of sp³-hybridized carbons (Fsp3) is 0.192. The van der Waals surface area contributed by atoms with Crippen LogP contribution in [0.4, 0.5) is 5.69 Å². The maximum absolute atomic E-state index is 12.7. The van der Waals surface area contributed by atoms with Crippen molar-refractivity contribution in [2.45, 2.75) is 25.5 Å². The number of nitrogens with one attached hydrogen (secondary N) is 1. The lowest BCUT2D eigenvalue weighted by atomic mass is 10.0. The van der Waals surface area contributed by atoms with Crippen LogP contribution in [0.3, 0.4) is 0 Å². The first kappa shape index (κ1) is 23.8. The molecule has 4 rings (SSSR count). The van der Waals surface area contributed by atoms with Crippen molar-refractivity contribution in [3.8, 4) is 28.3 Å². The lowest BCUT2D eigenvalue weighted by Gasteiger charge is -2.11. The smallest absolute Gasteiger partial charge is 0.234 e. The van der Waals surface area contributed by atoms with E-state index in [0.717, 1.165) is 22.5 Å². The van der Waals surface area contributed by atoms with Gasteiger partial charge in [-0.05, 0) is 31.5 Å². The van der Waals surface area contributed by atoms with E-state index in [9.17, 15) is 4.79 Å². The van der Waals surface area contributed by atoms with Crippen LogP contribution >= 0.6 is 23.1 Å². The number of thiophene rings is 1. The van der Waals surface area contributed by atoms with E-state index in [1.54, 1.807) is 11.3 Å². The average Bonchev–Trinajstić information content (AvgIpc) is 3.43. The summed E-state index contributed by atoms with van der Waals surface area (Å²) in [5, 5.41) is 14.6. The SMILES string of the molecule is C=CCn1c(SCC(=O)Nc2ccccc2OCC)nnc1-c1csc(C)c1-c1ccccc1. The van der Waals surface area contributed by atoms with Crippen molar-refractivity contribution in [1.82, 2.24) is 14.8 Å². The van der Waals surface area contributed by atoms with Crippen molar-refractivity contribution >= 4 is 34.7 Å².